The molecule has 1 aromatic rings. The van der Waals surface area contributed by atoms with Gasteiger partial charge in [0.2, 0.25) is 0 Å². The summed E-state index contributed by atoms with van der Waals surface area (Å²) in [7, 11) is 0. The van der Waals surface area contributed by atoms with Crippen molar-refractivity contribution in [3.05, 3.63) is 35.1 Å². The van der Waals surface area contributed by atoms with Crippen molar-refractivity contribution in [2.45, 2.75) is 18.9 Å². The molecule has 1 amide bonds. The molecule has 1 heterocycles. The predicted molar refractivity (Wildman–Crippen MR) is 71.2 cm³/mol. The molecular formula is C13H13BrFNO3. The van der Waals surface area contributed by atoms with Gasteiger partial charge in [0.15, 0.2) is 5.78 Å². The average Bonchev–Trinajstić information content (AvgIpc) is 2.87. The molecule has 4 nitrogen and oxygen atoms in total. The van der Waals surface area contributed by atoms with E-state index in [-0.39, 0.29) is 22.7 Å². The number of halogens is 2. The minimum Gasteiger partial charge on any atom is -0.465 e. The molecule has 0 saturated carbocycles. The predicted octanol–water partition coefficient (Wildman–Crippen LogP) is 3.22. The van der Waals surface area contributed by atoms with Crippen molar-refractivity contribution in [1.82, 2.24) is 4.90 Å². The zero-order chi connectivity index (χ0) is 14.0. The number of carboxylic acid groups (broad SMARTS) is 1. The van der Waals surface area contributed by atoms with Crippen LogP contribution in [0.4, 0.5) is 9.18 Å². The van der Waals surface area contributed by atoms with E-state index in [1.54, 1.807) is 6.07 Å². The molecule has 0 unspecified atom stereocenters. The van der Waals surface area contributed by atoms with Crippen LogP contribution in [0.25, 0.3) is 0 Å². The largest absolute Gasteiger partial charge is 0.465 e. The minimum absolute atomic E-state index is 0.0282. The second kappa shape index (κ2) is 5.69. The number of Topliss-reactive ketones (excluding diaryl/α,β-unsaturated/α-hetero) is 1. The lowest BCUT2D eigenvalue weighted by Gasteiger charge is -2.22. The fourth-order valence-electron chi connectivity index (χ4n) is 2.38. The van der Waals surface area contributed by atoms with Crippen LogP contribution >= 0.6 is 15.9 Å². The van der Waals surface area contributed by atoms with Crippen LogP contribution in [0.2, 0.25) is 0 Å². The van der Waals surface area contributed by atoms with Crippen molar-refractivity contribution in [2.75, 3.05) is 11.9 Å². The first-order valence-electron chi connectivity index (χ1n) is 5.92. The molecule has 1 saturated heterocycles. The summed E-state index contributed by atoms with van der Waals surface area (Å²) in [5.41, 5.74) is 0.629. The van der Waals surface area contributed by atoms with E-state index in [2.05, 4.69) is 15.9 Å². The maximum absolute atomic E-state index is 13.9. The SMILES string of the molecule is O=C(CBr)c1ccc([C@H]2CCCN2C(=O)O)cc1F. The van der Waals surface area contributed by atoms with E-state index < -0.39 is 11.9 Å². The van der Waals surface area contributed by atoms with Gasteiger partial charge < -0.3 is 10.0 Å². The number of benzene rings is 1. The van der Waals surface area contributed by atoms with Crippen LogP contribution in [0.3, 0.4) is 0 Å². The smallest absolute Gasteiger partial charge is 0.407 e. The zero-order valence-electron chi connectivity index (χ0n) is 10.1. The van der Waals surface area contributed by atoms with Crippen molar-refractivity contribution in [2.24, 2.45) is 0 Å². The lowest BCUT2D eigenvalue weighted by molar-refractivity contribution is 0.101. The van der Waals surface area contributed by atoms with Crippen LogP contribution in [0.5, 0.6) is 0 Å². The van der Waals surface area contributed by atoms with E-state index in [9.17, 15) is 14.0 Å². The summed E-state index contributed by atoms with van der Waals surface area (Å²) in [6.45, 7) is 0.462. The van der Waals surface area contributed by atoms with Gasteiger partial charge >= 0.3 is 6.09 Å². The summed E-state index contributed by atoms with van der Waals surface area (Å²) in [5.74, 6) is -0.926. The molecule has 1 atom stereocenters. The maximum Gasteiger partial charge on any atom is 0.407 e. The highest BCUT2D eigenvalue weighted by atomic mass is 79.9. The van der Waals surface area contributed by atoms with Crippen LogP contribution in [-0.4, -0.2) is 33.8 Å². The van der Waals surface area contributed by atoms with Gasteiger partial charge in [-0.15, -0.1) is 0 Å². The fraction of sp³-hybridized carbons (Fsp3) is 0.385. The van der Waals surface area contributed by atoms with Gasteiger partial charge in [0.25, 0.3) is 0 Å². The Hall–Kier alpha value is -1.43. The molecule has 0 aliphatic carbocycles. The maximum atomic E-state index is 13.9. The number of carbonyl (C=O) groups excluding carboxylic acids is 1. The standard InChI is InChI=1S/C13H13BrFNO3/c14-7-12(17)9-4-3-8(6-10(9)15)11-2-1-5-16(11)13(18)19/h3-4,6,11H,1-2,5,7H2,(H,18,19)/t11-/m1/s1. The number of hydrogen-bond acceptors (Lipinski definition) is 2. The molecule has 0 aromatic heterocycles. The van der Waals surface area contributed by atoms with Gasteiger partial charge in [0.1, 0.15) is 5.82 Å². The monoisotopic (exact) mass is 329 g/mol. The molecule has 1 N–H and O–H groups in total. The van der Waals surface area contributed by atoms with Gasteiger partial charge in [-0.1, -0.05) is 22.0 Å². The van der Waals surface area contributed by atoms with Gasteiger partial charge in [-0.2, -0.15) is 0 Å². The summed E-state index contributed by atoms with van der Waals surface area (Å²) in [6, 6.07) is 4.00. The van der Waals surface area contributed by atoms with E-state index in [1.165, 1.54) is 17.0 Å². The van der Waals surface area contributed by atoms with E-state index in [1.807, 2.05) is 0 Å². The van der Waals surface area contributed by atoms with Crippen molar-refractivity contribution in [3.8, 4) is 0 Å². The molecule has 0 radical (unpaired) electrons. The van der Waals surface area contributed by atoms with Crippen LogP contribution < -0.4 is 0 Å². The van der Waals surface area contributed by atoms with Crippen molar-refractivity contribution in [1.29, 1.82) is 0 Å². The molecule has 0 spiro atoms. The van der Waals surface area contributed by atoms with Crippen molar-refractivity contribution in [3.63, 3.8) is 0 Å². The Balaban J connectivity index is 2.29. The Kier molecular flexibility index (Phi) is 4.19. The third-order valence-electron chi connectivity index (χ3n) is 3.30. The number of amides is 1. The third-order valence-corrected chi connectivity index (χ3v) is 3.81. The second-order valence-electron chi connectivity index (χ2n) is 4.43. The van der Waals surface area contributed by atoms with E-state index >= 15 is 0 Å². The highest BCUT2D eigenvalue weighted by Gasteiger charge is 2.30. The molecule has 19 heavy (non-hydrogen) atoms. The van der Waals surface area contributed by atoms with Gasteiger partial charge in [-0.05, 0) is 30.5 Å². The van der Waals surface area contributed by atoms with Gasteiger partial charge in [0, 0.05) is 6.54 Å². The summed E-state index contributed by atoms with van der Waals surface area (Å²) < 4.78 is 13.9. The number of hydrogen-bond donors (Lipinski definition) is 1. The molecule has 0 bridgehead atoms. The summed E-state index contributed by atoms with van der Waals surface area (Å²) >= 11 is 3.00. The summed E-state index contributed by atoms with van der Waals surface area (Å²) in [6.07, 6.45) is 0.446. The van der Waals surface area contributed by atoms with Gasteiger partial charge in [-0.3, -0.25) is 4.79 Å². The Bertz CT molecular complexity index is 521. The highest BCUT2D eigenvalue weighted by Crippen LogP contribution is 2.32. The Labute approximate surface area is 118 Å². The number of likely N-dealkylation sites (tertiary alicyclic amines) is 1. The molecule has 1 aliphatic heterocycles. The normalized spacial score (nSPS) is 18.6. The van der Waals surface area contributed by atoms with Crippen LogP contribution in [0, 0.1) is 5.82 Å². The molecule has 102 valence electrons. The first-order chi connectivity index (χ1) is 9.04. The molecule has 1 aliphatic rings. The lowest BCUT2D eigenvalue weighted by atomic mass is 10.0. The molecular weight excluding hydrogens is 317 g/mol. The number of rotatable bonds is 3. The van der Waals surface area contributed by atoms with E-state index in [4.69, 9.17) is 5.11 Å². The van der Waals surface area contributed by atoms with Crippen molar-refractivity contribution < 1.29 is 19.1 Å². The molecule has 1 aromatic carbocycles. The Morgan fingerprint density at radius 1 is 1.47 bits per heavy atom. The third kappa shape index (κ3) is 2.78. The lowest BCUT2D eigenvalue weighted by Crippen LogP contribution is -2.28. The topological polar surface area (TPSA) is 57.6 Å². The summed E-state index contributed by atoms with van der Waals surface area (Å²) in [4.78, 5) is 23.8. The minimum atomic E-state index is -0.997. The number of alkyl halides is 1. The molecule has 2 rings (SSSR count). The first kappa shape index (κ1) is 14.0. The van der Waals surface area contributed by atoms with Crippen LogP contribution in [-0.2, 0) is 0 Å². The van der Waals surface area contributed by atoms with Gasteiger partial charge in [0.05, 0.1) is 16.9 Å². The zero-order valence-corrected chi connectivity index (χ0v) is 11.7. The highest BCUT2D eigenvalue weighted by molar-refractivity contribution is 9.09. The quantitative estimate of drug-likeness (QED) is 0.684. The molecule has 1 fully saturated rings. The van der Waals surface area contributed by atoms with Gasteiger partial charge in [-0.25, -0.2) is 9.18 Å². The van der Waals surface area contributed by atoms with E-state index in [0.717, 1.165) is 6.42 Å². The van der Waals surface area contributed by atoms with Crippen LogP contribution in [0.1, 0.15) is 34.8 Å². The Morgan fingerprint density at radius 2 is 2.21 bits per heavy atom. The summed E-state index contributed by atoms with van der Waals surface area (Å²) in [5, 5.41) is 9.13. The number of nitrogens with zero attached hydrogens (tertiary/aromatic N) is 1. The Morgan fingerprint density at radius 3 is 2.79 bits per heavy atom. The van der Waals surface area contributed by atoms with Crippen molar-refractivity contribution >= 4 is 27.8 Å². The average molecular weight is 330 g/mol. The first-order valence-corrected chi connectivity index (χ1v) is 7.05. The van der Waals surface area contributed by atoms with E-state index in [0.29, 0.717) is 18.5 Å². The fourth-order valence-corrected chi connectivity index (χ4v) is 2.68. The molecule has 6 heteroatoms. The number of carbonyl (C=O) groups is 2. The number of ketones is 1. The second-order valence-corrected chi connectivity index (χ2v) is 4.99. The van der Waals surface area contributed by atoms with Crippen LogP contribution in [0.15, 0.2) is 18.2 Å².